The van der Waals surface area contributed by atoms with Crippen molar-refractivity contribution >= 4 is 12.6 Å². The van der Waals surface area contributed by atoms with Crippen molar-refractivity contribution in [1.82, 2.24) is 0 Å². The van der Waals surface area contributed by atoms with Crippen molar-refractivity contribution in [3.8, 4) is 0 Å². The van der Waals surface area contributed by atoms with Gasteiger partial charge in [0.1, 0.15) is 0 Å². The molecule has 0 spiro atoms. The van der Waals surface area contributed by atoms with Gasteiger partial charge >= 0.3 is 0 Å². The van der Waals surface area contributed by atoms with Gasteiger partial charge in [-0.15, -0.1) is 0 Å². The first kappa shape index (κ1) is 6.43. The molecule has 1 heterocycles. The Labute approximate surface area is 55.8 Å². The zero-order valence-corrected chi connectivity index (χ0v) is 6.03. The lowest BCUT2D eigenvalue weighted by atomic mass is 10.1. The van der Waals surface area contributed by atoms with Crippen molar-refractivity contribution in [2.24, 2.45) is 5.92 Å². The van der Waals surface area contributed by atoms with Crippen LogP contribution in [0, 0.1) is 5.92 Å². The summed E-state index contributed by atoms with van der Waals surface area (Å²) in [7, 11) is 0. The second-order valence-electron chi connectivity index (χ2n) is 2.36. The summed E-state index contributed by atoms with van der Waals surface area (Å²) in [6.07, 6.45) is 1.20. The Morgan fingerprint density at radius 3 is 2.75 bits per heavy atom. The second kappa shape index (κ2) is 2.74. The van der Waals surface area contributed by atoms with E-state index in [2.05, 4.69) is 19.6 Å². The van der Waals surface area contributed by atoms with Crippen LogP contribution >= 0.6 is 12.6 Å². The molecule has 0 aromatic heterocycles. The molecule has 0 N–H and O–H groups in total. The van der Waals surface area contributed by atoms with E-state index in [0.29, 0.717) is 11.2 Å². The van der Waals surface area contributed by atoms with Gasteiger partial charge in [-0.1, -0.05) is 6.92 Å². The highest BCUT2D eigenvalue weighted by molar-refractivity contribution is 7.80. The van der Waals surface area contributed by atoms with E-state index < -0.39 is 0 Å². The third-order valence-electron chi connectivity index (χ3n) is 1.65. The van der Waals surface area contributed by atoms with E-state index in [0.717, 1.165) is 13.2 Å². The molecule has 2 atom stereocenters. The number of rotatable bonds is 1. The highest BCUT2D eigenvalue weighted by Crippen LogP contribution is 2.19. The Kier molecular flexibility index (Phi) is 2.20. The number of hydrogen-bond donors (Lipinski definition) is 1. The first-order chi connectivity index (χ1) is 3.80. The smallest absolute Gasteiger partial charge is 0.0505 e. The number of thiol groups is 1. The van der Waals surface area contributed by atoms with Crippen molar-refractivity contribution in [3.63, 3.8) is 0 Å². The van der Waals surface area contributed by atoms with E-state index in [4.69, 9.17) is 4.74 Å². The fourth-order valence-corrected chi connectivity index (χ4v) is 1.17. The van der Waals surface area contributed by atoms with Gasteiger partial charge in [0, 0.05) is 11.9 Å². The zero-order chi connectivity index (χ0) is 5.98. The zero-order valence-electron chi connectivity index (χ0n) is 5.13. The average Bonchev–Trinajstić information content (AvgIpc) is 2.12. The Balaban J connectivity index is 2.24. The summed E-state index contributed by atoms with van der Waals surface area (Å²) in [6.45, 7) is 3.99. The topological polar surface area (TPSA) is 9.23 Å². The number of hydrogen-bond acceptors (Lipinski definition) is 2. The summed E-state index contributed by atoms with van der Waals surface area (Å²) < 4.78 is 5.17. The molecule has 0 bridgehead atoms. The van der Waals surface area contributed by atoms with Crippen LogP contribution in [0.15, 0.2) is 0 Å². The predicted octanol–water partition coefficient (Wildman–Crippen LogP) is 1.34. The van der Waals surface area contributed by atoms with E-state index in [9.17, 15) is 0 Å². The molecule has 1 aliphatic rings. The Morgan fingerprint density at radius 2 is 2.50 bits per heavy atom. The molecule has 1 nitrogen and oxygen atoms in total. The molecule has 0 aromatic carbocycles. The van der Waals surface area contributed by atoms with Crippen LogP contribution < -0.4 is 0 Å². The van der Waals surface area contributed by atoms with E-state index in [1.165, 1.54) is 6.42 Å². The normalized spacial score (nSPS) is 33.0. The largest absolute Gasteiger partial charge is 0.381 e. The summed E-state index contributed by atoms with van der Waals surface area (Å²) in [5.41, 5.74) is 0. The van der Waals surface area contributed by atoms with Gasteiger partial charge in [0.15, 0.2) is 0 Å². The standard InChI is InChI=1S/C6H12OS/c1-5(8)6-2-3-7-4-6/h5-6,8H,2-4H2,1H3. The monoisotopic (exact) mass is 132 g/mol. The Morgan fingerprint density at radius 1 is 1.75 bits per heavy atom. The van der Waals surface area contributed by atoms with Crippen LogP contribution in [-0.2, 0) is 4.74 Å². The lowest BCUT2D eigenvalue weighted by molar-refractivity contribution is 0.186. The van der Waals surface area contributed by atoms with Gasteiger partial charge < -0.3 is 4.74 Å². The van der Waals surface area contributed by atoms with Crippen molar-refractivity contribution < 1.29 is 4.74 Å². The van der Waals surface area contributed by atoms with Gasteiger partial charge in [0.05, 0.1) is 6.61 Å². The van der Waals surface area contributed by atoms with Gasteiger partial charge in [-0.3, -0.25) is 0 Å². The maximum absolute atomic E-state index is 5.17. The molecule has 8 heavy (non-hydrogen) atoms. The van der Waals surface area contributed by atoms with Crippen molar-refractivity contribution in [2.45, 2.75) is 18.6 Å². The van der Waals surface area contributed by atoms with Crippen molar-refractivity contribution in [1.29, 1.82) is 0 Å². The molecule has 0 saturated carbocycles. The van der Waals surface area contributed by atoms with Gasteiger partial charge in [0.2, 0.25) is 0 Å². The molecular weight excluding hydrogens is 120 g/mol. The van der Waals surface area contributed by atoms with Gasteiger partial charge in [-0.2, -0.15) is 12.6 Å². The van der Waals surface area contributed by atoms with Crippen molar-refractivity contribution in [3.05, 3.63) is 0 Å². The molecule has 2 heteroatoms. The predicted molar refractivity (Wildman–Crippen MR) is 37.4 cm³/mol. The summed E-state index contributed by atoms with van der Waals surface area (Å²) >= 11 is 4.31. The molecule has 0 radical (unpaired) electrons. The third-order valence-corrected chi connectivity index (χ3v) is 2.07. The highest BCUT2D eigenvalue weighted by atomic mass is 32.1. The minimum absolute atomic E-state index is 0.512. The minimum Gasteiger partial charge on any atom is -0.381 e. The molecule has 2 unspecified atom stereocenters. The fraction of sp³-hybridized carbons (Fsp3) is 1.00. The van der Waals surface area contributed by atoms with Crippen LogP contribution in [0.25, 0.3) is 0 Å². The molecule has 0 aromatic rings. The SMILES string of the molecule is CC(S)C1CCOC1. The van der Waals surface area contributed by atoms with E-state index >= 15 is 0 Å². The molecular formula is C6H12OS. The van der Waals surface area contributed by atoms with Gasteiger partial charge in [0.25, 0.3) is 0 Å². The fourth-order valence-electron chi connectivity index (χ4n) is 0.933. The van der Waals surface area contributed by atoms with Crippen LogP contribution in [0.3, 0.4) is 0 Å². The first-order valence-corrected chi connectivity index (χ1v) is 3.58. The molecule has 1 fully saturated rings. The molecule has 1 rings (SSSR count). The van der Waals surface area contributed by atoms with Gasteiger partial charge in [-0.05, 0) is 12.3 Å². The average molecular weight is 132 g/mol. The van der Waals surface area contributed by atoms with Crippen LogP contribution in [-0.4, -0.2) is 18.5 Å². The molecule has 48 valence electrons. The summed E-state index contributed by atoms with van der Waals surface area (Å²) in [5, 5.41) is 0.512. The second-order valence-corrected chi connectivity index (χ2v) is 3.18. The van der Waals surface area contributed by atoms with Crippen LogP contribution in [0.1, 0.15) is 13.3 Å². The van der Waals surface area contributed by atoms with Gasteiger partial charge in [-0.25, -0.2) is 0 Å². The van der Waals surface area contributed by atoms with Crippen LogP contribution in [0.4, 0.5) is 0 Å². The lowest BCUT2D eigenvalue weighted by Crippen LogP contribution is -2.10. The lowest BCUT2D eigenvalue weighted by Gasteiger charge is -2.08. The maximum Gasteiger partial charge on any atom is 0.0505 e. The Bertz CT molecular complexity index is 66.9. The van der Waals surface area contributed by atoms with E-state index in [-0.39, 0.29) is 0 Å². The molecule has 1 aliphatic heterocycles. The molecule has 1 saturated heterocycles. The third kappa shape index (κ3) is 1.39. The summed E-state index contributed by atoms with van der Waals surface area (Å²) in [6, 6.07) is 0. The summed E-state index contributed by atoms with van der Waals surface area (Å²) in [5.74, 6) is 0.707. The molecule has 0 aliphatic carbocycles. The van der Waals surface area contributed by atoms with E-state index in [1.807, 2.05) is 0 Å². The van der Waals surface area contributed by atoms with Crippen molar-refractivity contribution in [2.75, 3.05) is 13.2 Å². The minimum atomic E-state index is 0.512. The highest BCUT2D eigenvalue weighted by Gasteiger charge is 2.18. The summed E-state index contributed by atoms with van der Waals surface area (Å²) in [4.78, 5) is 0. The maximum atomic E-state index is 5.17. The first-order valence-electron chi connectivity index (χ1n) is 3.06. The Hall–Kier alpha value is 0.310. The van der Waals surface area contributed by atoms with E-state index in [1.54, 1.807) is 0 Å². The molecule has 0 amide bonds. The van der Waals surface area contributed by atoms with Crippen LogP contribution in [0.5, 0.6) is 0 Å². The van der Waals surface area contributed by atoms with Crippen LogP contribution in [0.2, 0.25) is 0 Å². The number of ether oxygens (including phenoxy) is 1. The quantitative estimate of drug-likeness (QED) is 0.530.